The topological polar surface area (TPSA) is 35.5 Å². The van der Waals surface area contributed by atoms with Crippen molar-refractivity contribution in [3.8, 4) is 0 Å². The molecule has 0 aromatic rings. The number of esters is 1. The lowest BCUT2D eigenvalue weighted by Gasteiger charge is -2.04. The molecule has 0 N–H and O–H groups in total. The molecule has 84 valence electrons. The molecule has 0 atom stereocenters. The second kappa shape index (κ2) is 10.9. The van der Waals surface area contributed by atoms with Gasteiger partial charge in [0.05, 0.1) is 12.4 Å². The van der Waals surface area contributed by atoms with Gasteiger partial charge in [-0.3, -0.25) is 4.79 Å². The molecule has 14 heavy (non-hydrogen) atoms. The fourth-order valence-corrected chi connectivity index (χ4v) is 1.08. The van der Waals surface area contributed by atoms with Crippen molar-refractivity contribution in [2.45, 2.75) is 32.6 Å². The van der Waals surface area contributed by atoms with Crippen molar-refractivity contribution in [2.75, 3.05) is 25.6 Å². The summed E-state index contributed by atoms with van der Waals surface area (Å²) in [5, 5.41) is 0. The fourth-order valence-electron chi connectivity index (χ4n) is 0.993. The van der Waals surface area contributed by atoms with Crippen LogP contribution in [-0.4, -0.2) is 31.5 Å². The highest BCUT2D eigenvalue weighted by atomic mass is 32.1. The summed E-state index contributed by atoms with van der Waals surface area (Å²) in [6, 6.07) is 0. The molecule has 4 heteroatoms. The fraction of sp³-hybridized carbons (Fsp3) is 0.900. The number of hydrogen-bond donors (Lipinski definition) is 1. The van der Waals surface area contributed by atoms with E-state index in [1.165, 1.54) is 19.3 Å². The van der Waals surface area contributed by atoms with Gasteiger partial charge in [0.2, 0.25) is 0 Å². The lowest BCUT2D eigenvalue weighted by molar-refractivity contribution is -0.141. The van der Waals surface area contributed by atoms with E-state index in [4.69, 9.17) is 9.47 Å². The van der Waals surface area contributed by atoms with E-state index in [9.17, 15) is 4.79 Å². The summed E-state index contributed by atoms with van der Waals surface area (Å²) in [5.74, 6) is -0.154. The standard InChI is InChI=1S/C10H20O3S/c1-2-3-4-5-6-12-7-8-13-10(11)9-14/h14H,2-9H2,1H3. The number of thiol groups is 1. The molecule has 0 aliphatic carbocycles. The Morgan fingerprint density at radius 2 is 1.93 bits per heavy atom. The highest BCUT2D eigenvalue weighted by Crippen LogP contribution is 1.98. The predicted octanol–water partition coefficient (Wildman–Crippen LogP) is 2.06. The van der Waals surface area contributed by atoms with E-state index in [1.807, 2.05) is 0 Å². The Balaban J connectivity index is 2.95. The van der Waals surface area contributed by atoms with Gasteiger partial charge in [-0.15, -0.1) is 0 Å². The van der Waals surface area contributed by atoms with Crippen molar-refractivity contribution < 1.29 is 14.3 Å². The SMILES string of the molecule is CCCCCCOCCOC(=O)CS. The molecular formula is C10H20O3S. The number of ether oxygens (including phenoxy) is 2. The van der Waals surface area contributed by atoms with Crippen LogP contribution in [0.1, 0.15) is 32.6 Å². The van der Waals surface area contributed by atoms with Crippen molar-refractivity contribution in [1.29, 1.82) is 0 Å². The van der Waals surface area contributed by atoms with Gasteiger partial charge >= 0.3 is 5.97 Å². The summed E-state index contributed by atoms with van der Waals surface area (Å²) < 4.78 is 10.1. The van der Waals surface area contributed by atoms with Crippen LogP contribution < -0.4 is 0 Å². The zero-order chi connectivity index (χ0) is 10.6. The Bertz CT molecular complexity index is 139. The minimum atomic E-state index is -0.289. The maximum absolute atomic E-state index is 10.6. The molecule has 3 nitrogen and oxygen atoms in total. The molecule has 0 aliphatic rings. The molecular weight excluding hydrogens is 200 g/mol. The van der Waals surface area contributed by atoms with Gasteiger partial charge in [0.25, 0.3) is 0 Å². The third-order valence-electron chi connectivity index (χ3n) is 1.76. The predicted molar refractivity (Wildman–Crippen MR) is 59.8 cm³/mol. The molecule has 0 unspecified atom stereocenters. The molecule has 0 bridgehead atoms. The maximum Gasteiger partial charge on any atom is 0.315 e. The lowest BCUT2D eigenvalue weighted by Crippen LogP contribution is -2.11. The zero-order valence-corrected chi connectivity index (χ0v) is 9.72. The first kappa shape index (κ1) is 13.8. The Hall–Kier alpha value is -0.220. The van der Waals surface area contributed by atoms with Gasteiger partial charge in [0.15, 0.2) is 0 Å². The van der Waals surface area contributed by atoms with Gasteiger partial charge < -0.3 is 9.47 Å². The van der Waals surface area contributed by atoms with Crippen LogP contribution in [0.25, 0.3) is 0 Å². The molecule has 0 aromatic carbocycles. The number of carbonyl (C=O) groups is 1. The monoisotopic (exact) mass is 220 g/mol. The number of rotatable bonds is 9. The van der Waals surface area contributed by atoms with E-state index in [2.05, 4.69) is 19.6 Å². The number of carbonyl (C=O) groups excluding carboxylic acids is 1. The highest BCUT2D eigenvalue weighted by Gasteiger charge is 1.97. The van der Waals surface area contributed by atoms with Crippen LogP contribution in [0.5, 0.6) is 0 Å². The van der Waals surface area contributed by atoms with Crippen molar-refractivity contribution in [3.05, 3.63) is 0 Å². The van der Waals surface area contributed by atoms with E-state index < -0.39 is 0 Å². The molecule has 0 saturated heterocycles. The first-order valence-corrected chi connectivity index (χ1v) is 5.78. The third-order valence-corrected chi connectivity index (χ3v) is 2.02. The second-order valence-electron chi connectivity index (χ2n) is 3.05. The van der Waals surface area contributed by atoms with Crippen LogP contribution in [0.2, 0.25) is 0 Å². The molecule has 0 saturated carbocycles. The lowest BCUT2D eigenvalue weighted by atomic mass is 10.2. The average Bonchev–Trinajstić information content (AvgIpc) is 2.21. The van der Waals surface area contributed by atoms with E-state index in [0.717, 1.165) is 13.0 Å². The summed E-state index contributed by atoms with van der Waals surface area (Å²) in [6.45, 7) is 3.77. The van der Waals surface area contributed by atoms with Crippen molar-refractivity contribution in [2.24, 2.45) is 0 Å². The Morgan fingerprint density at radius 1 is 1.14 bits per heavy atom. The first-order chi connectivity index (χ1) is 6.81. The number of hydrogen-bond acceptors (Lipinski definition) is 4. The minimum absolute atomic E-state index is 0.135. The summed E-state index contributed by atoms with van der Waals surface area (Å²) >= 11 is 3.78. The molecule has 0 amide bonds. The van der Waals surface area contributed by atoms with Gasteiger partial charge in [-0.2, -0.15) is 12.6 Å². The normalized spacial score (nSPS) is 10.1. The maximum atomic E-state index is 10.6. The van der Waals surface area contributed by atoms with E-state index >= 15 is 0 Å². The zero-order valence-electron chi connectivity index (χ0n) is 8.83. The Morgan fingerprint density at radius 3 is 2.57 bits per heavy atom. The van der Waals surface area contributed by atoms with Gasteiger partial charge in [-0.05, 0) is 6.42 Å². The second-order valence-corrected chi connectivity index (χ2v) is 3.37. The van der Waals surface area contributed by atoms with Crippen molar-refractivity contribution in [1.82, 2.24) is 0 Å². The molecule has 0 spiro atoms. The summed E-state index contributed by atoms with van der Waals surface area (Å²) in [4.78, 5) is 10.6. The van der Waals surface area contributed by atoms with E-state index in [0.29, 0.717) is 13.2 Å². The Kier molecular flexibility index (Phi) is 10.7. The van der Waals surface area contributed by atoms with Gasteiger partial charge in [-0.1, -0.05) is 26.2 Å². The van der Waals surface area contributed by atoms with Crippen molar-refractivity contribution in [3.63, 3.8) is 0 Å². The smallest absolute Gasteiger partial charge is 0.315 e. The molecule has 0 rings (SSSR count). The van der Waals surface area contributed by atoms with Crippen LogP contribution in [0, 0.1) is 0 Å². The minimum Gasteiger partial charge on any atom is -0.463 e. The van der Waals surface area contributed by atoms with Gasteiger partial charge in [0.1, 0.15) is 6.61 Å². The van der Waals surface area contributed by atoms with Crippen LogP contribution >= 0.6 is 12.6 Å². The number of unbranched alkanes of at least 4 members (excludes halogenated alkanes) is 3. The van der Waals surface area contributed by atoms with Crippen LogP contribution in [0.3, 0.4) is 0 Å². The van der Waals surface area contributed by atoms with E-state index in [-0.39, 0.29) is 11.7 Å². The quantitative estimate of drug-likeness (QED) is 0.367. The van der Waals surface area contributed by atoms with Crippen LogP contribution in [-0.2, 0) is 14.3 Å². The van der Waals surface area contributed by atoms with Crippen molar-refractivity contribution >= 4 is 18.6 Å². The highest BCUT2D eigenvalue weighted by molar-refractivity contribution is 7.81. The average molecular weight is 220 g/mol. The molecule has 0 fully saturated rings. The molecule has 0 aliphatic heterocycles. The molecule has 0 aromatic heterocycles. The van der Waals surface area contributed by atoms with Crippen LogP contribution in [0.15, 0.2) is 0 Å². The molecule has 0 radical (unpaired) electrons. The van der Waals surface area contributed by atoms with Crippen LogP contribution in [0.4, 0.5) is 0 Å². The first-order valence-electron chi connectivity index (χ1n) is 5.15. The summed E-state index contributed by atoms with van der Waals surface area (Å²) in [7, 11) is 0. The van der Waals surface area contributed by atoms with Gasteiger partial charge in [-0.25, -0.2) is 0 Å². The largest absolute Gasteiger partial charge is 0.463 e. The molecule has 0 heterocycles. The van der Waals surface area contributed by atoms with E-state index in [1.54, 1.807) is 0 Å². The Labute approximate surface area is 91.6 Å². The third kappa shape index (κ3) is 9.86. The summed E-state index contributed by atoms with van der Waals surface area (Å²) in [6.07, 6.45) is 4.80. The summed E-state index contributed by atoms with van der Waals surface area (Å²) in [5.41, 5.74) is 0. The van der Waals surface area contributed by atoms with Gasteiger partial charge in [0, 0.05) is 6.61 Å².